The van der Waals surface area contributed by atoms with E-state index in [1.165, 1.54) is 19.3 Å². The molecular weight excluding hydrogens is 186 g/mol. The summed E-state index contributed by atoms with van der Waals surface area (Å²) >= 11 is 0. The molecule has 1 aliphatic rings. The van der Waals surface area contributed by atoms with Crippen molar-refractivity contribution in [2.75, 3.05) is 6.54 Å². The maximum atomic E-state index is 9.84. The second-order valence-corrected chi connectivity index (χ2v) is 6.11. The van der Waals surface area contributed by atoms with Gasteiger partial charge in [-0.15, -0.1) is 0 Å². The summed E-state index contributed by atoms with van der Waals surface area (Å²) in [4.78, 5) is 0. The van der Waals surface area contributed by atoms with E-state index in [2.05, 4.69) is 33.0 Å². The van der Waals surface area contributed by atoms with Crippen molar-refractivity contribution < 1.29 is 5.11 Å². The van der Waals surface area contributed by atoms with Gasteiger partial charge in [-0.25, -0.2) is 0 Å². The second kappa shape index (κ2) is 5.31. The number of rotatable bonds is 3. The van der Waals surface area contributed by atoms with E-state index < -0.39 is 0 Å². The van der Waals surface area contributed by atoms with Crippen molar-refractivity contribution in [1.82, 2.24) is 5.32 Å². The molecular formula is C13H27NO. The van der Waals surface area contributed by atoms with Gasteiger partial charge in [0.25, 0.3) is 0 Å². The van der Waals surface area contributed by atoms with Crippen LogP contribution < -0.4 is 5.32 Å². The minimum absolute atomic E-state index is 0.0709. The van der Waals surface area contributed by atoms with Crippen molar-refractivity contribution in [2.45, 2.75) is 65.5 Å². The monoisotopic (exact) mass is 213 g/mol. The van der Waals surface area contributed by atoms with Gasteiger partial charge in [0.2, 0.25) is 0 Å². The Bertz CT molecular complexity index is 185. The van der Waals surface area contributed by atoms with Gasteiger partial charge in [-0.3, -0.25) is 0 Å². The van der Waals surface area contributed by atoms with Crippen molar-refractivity contribution in [3.63, 3.8) is 0 Å². The Kier molecular flexibility index (Phi) is 4.60. The van der Waals surface area contributed by atoms with Crippen LogP contribution in [-0.4, -0.2) is 23.8 Å². The highest BCUT2D eigenvalue weighted by Crippen LogP contribution is 2.25. The lowest BCUT2D eigenvalue weighted by Gasteiger charge is -2.33. The molecule has 2 nitrogen and oxygen atoms in total. The van der Waals surface area contributed by atoms with Crippen molar-refractivity contribution in [2.24, 2.45) is 11.3 Å². The standard InChI is InChI=1S/C13H27NO/c1-10(13(2,3)4)14-9-11-7-5-6-8-12(11)15/h10-12,14-15H,5-9H2,1-4H3. The van der Waals surface area contributed by atoms with E-state index in [9.17, 15) is 5.11 Å². The van der Waals surface area contributed by atoms with Crippen molar-refractivity contribution in [3.05, 3.63) is 0 Å². The lowest BCUT2D eigenvalue weighted by Crippen LogP contribution is -2.43. The van der Waals surface area contributed by atoms with Gasteiger partial charge in [0, 0.05) is 12.6 Å². The molecule has 0 radical (unpaired) electrons. The van der Waals surface area contributed by atoms with Gasteiger partial charge >= 0.3 is 0 Å². The topological polar surface area (TPSA) is 32.3 Å². The molecule has 90 valence electrons. The maximum Gasteiger partial charge on any atom is 0.0580 e. The molecule has 0 saturated heterocycles. The number of nitrogens with one attached hydrogen (secondary N) is 1. The maximum absolute atomic E-state index is 9.84. The molecule has 0 aromatic carbocycles. The highest BCUT2D eigenvalue weighted by molar-refractivity contribution is 4.81. The molecule has 15 heavy (non-hydrogen) atoms. The van der Waals surface area contributed by atoms with E-state index in [1.54, 1.807) is 0 Å². The summed E-state index contributed by atoms with van der Waals surface area (Å²) in [6, 6.07) is 0.506. The van der Waals surface area contributed by atoms with E-state index in [4.69, 9.17) is 0 Å². The average Bonchev–Trinajstić information content (AvgIpc) is 2.14. The number of hydrogen-bond acceptors (Lipinski definition) is 2. The predicted molar refractivity (Wildman–Crippen MR) is 64.9 cm³/mol. The zero-order valence-corrected chi connectivity index (χ0v) is 10.7. The molecule has 2 N–H and O–H groups in total. The van der Waals surface area contributed by atoms with Crippen molar-refractivity contribution in [1.29, 1.82) is 0 Å². The third-order valence-electron chi connectivity index (χ3n) is 3.85. The van der Waals surface area contributed by atoms with Crippen LogP contribution in [0.5, 0.6) is 0 Å². The molecule has 0 bridgehead atoms. The third-order valence-corrected chi connectivity index (χ3v) is 3.85. The Morgan fingerprint density at radius 3 is 2.40 bits per heavy atom. The molecule has 0 spiro atoms. The molecule has 0 heterocycles. The molecule has 2 heteroatoms. The minimum Gasteiger partial charge on any atom is -0.393 e. The smallest absolute Gasteiger partial charge is 0.0580 e. The third kappa shape index (κ3) is 4.12. The van der Waals surface area contributed by atoms with E-state index in [0.717, 1.165) is 13.0 Å². The average molecular weight is 213 g/mol. The number of hydrogen-bond donors (Lipinski definition) is 2. The van der Waals surface area contributed by atoms with E-state index in [-0.39, 0.29) is 6.10 Å². The molecule has 3 atom stereocenters. The molecule has 1 fully saturated rings. The summed E-state index contributed by atoms with van der Waals surface area (Å²) in [5.41, 5.74) is 0.305. The fourth-order valence-electron chi connectivity index (χ4n) is 2.06. The Hall–Kier alpha value is -0.0800. The lowest BCUT2D eigenvalue weighted by molar-refractivity contribution is 0.0657. The zero-order chi connectivity index (χ0) is 11.5. The summed E-state index contributed by atoms with van der Waals surface area (Å²) in [6.45, 7) is 9.96. The van der Waals surface area contributed by atoms with Gasteiger partial charge in [0.15, 0.2) is 0 Å². The van der Waals surface area contributed by atoms with Crippen LogP contribution in [0.2, 0.25) is 0 Å². The van der Waals surface area contributed by atoms with Crippen LogP contribution in [0.3, 0.4) is 0 Å². The van der Waals surface area contributed by atoms with Gasteiger partial charge in [0.1, 0.15) is 0 Å². The Balaban J connectivity index is 2.29. The summed E-state index contributed by atoms with van der Waals surface area (Å²) in [7, 11) is 0. The van der Waals surface area contributed by atoms with Crippen LogP contribution in [0, 0.1) is 11.3 Å². The van der Waals surface area contributed by atoms with Gasteiger partial charge < -0.3 is 10.4 Å². The molecule has 1 saturated carbocycles. The summed E-state index contributed by atoms with van der Waals surface area (Å²) in [5, 5.41) is 13.4. The number of aliphatic hydroxyl groups excluding tert-OH is 1. The first-order valence-electron chi connectivity index (χ1n) is 6.32. The van der Waals surface area contributed by atoms with Crippen LogP contribution >= 0.6 is 0 Å². The lowest BCUT2D eigenvalue weighted by atomic mass is 9.84. The number of aliphatic hydroxyl groups is 1. The quantitative estimate of drug-likeness (QED) is 0.755. The molecule has 3 unspecified atom stereocenters. The molecule has 0 amide bonds. The van der Waals surface area contributed by atoms with E-state index >= 15 is 0 Å². The normalized spacial score (nSPS) is 30.2. The van der Waals surface area contributed by atoms with Crippen molar-refractivity contribution in [3.8, 4) is 0 Å². The summed E-state index contributed by atoms with van der Waals surface area (Å²) < 4.78 is 0. The molecule has 0 aromatic rings. The first kappa shape index (κ1) is 13.0. The highest BCUT2D eigenvalue weighted by Gasteiger charge is 2.25. The first-order valence-corrected chi connectivity index (χ1v) is 6.32. The fraction of sp³-hybridized carbons (Fsp3) is 1.00. The van der Waals surface area contributed by atoms with Gasteiger partial charge in [0.05, 0.1) is 6.10 Å². The van der Waals surface area contributed by atoms with Crippen LogP contribution in [0.15, 0.2) is 0 Å². The van der Waals surface area contributed by atoms with Crippen LogP contribution in [0.25, 0.3) is 0 Å². The summed E-state index contributed by atoms with van der Waals surface area (Å²) in [5.74, 6) is 0.476. The summed E-state index contributed by atoms with van der Waals surface area (Å²) in [6.07, 6.45) is 4.60. The molecule has 1 rings (SSSR count). The fourth-order valence-corrected chi connectivity index (χ4v) is 2.06. The van der Waals surface area contributed by atoms with Crippen molar-refractivity contribution >= 4 is 0 Å². The first-order chi connectivity index (χ1) is 6.91. The van der Waals surface area contributed by atoms with Crippen LogP contribution in [0.4, 0.5) is 0 Å². The predicted octanol–water partition coefficient (Wildman–Crippen LogP) is 2.56. The minimum atomic E-state index is -0.0709. The van der Waals surface area contributed by atoms with E-state index in [1.807, 2.05) is 0 Å². The van der Waals surface area contributed by atoms with Gasteiger partial charge in [-0.2, -0.15) is 0 Å². The van der Waals surface area contributed by atoms with Gasteiger partial charge in [-0.05, 0) is 31.1 Å². The molecule has 0 aromatic heterocycles. The highest BCUT2D eigenvalue weighted by atomic mass is 16.3. The second-order valence-electron chi connectivity index (χ2n) is 6.11. The van der Waals surface area contributed by atoms with Crippen LogP contribution in [0.1, 0.15) is 53.4 Å². The zero-order valence-electron chi connectivity index (χ0n) is 10.7. The van der Waals surface area contributed by atoms with E-state index in [0.29, 0.717) is 17.4 Å². The SMILES string of the molecule is CC(NCC1CCCCC1O)C(C)(C)C. The van der Waals surface area contributed by atoms with Crippen LogP contribution in [-0.2, 0) is 0 Å². The Morgan fingerprint density at radius 2 is 1.87 bits per heavy atom. The molecule has 0 aliphatic heterocycles. The largest absolute Gasteiger partial charge is 0.393 e. The molecule has 1 aliphatic carbocycles. The Morgan fingerprint density at radius 1 is 1.27 bits per heavy atom. The Labute approximate surface area is 94.5 Å². The van der Waals surface area contributed by atoms with Gasteiger partial charge in [-0.1, -0.05) is 33.6 Å².